The fraction of sp³-hybridized carbons (Fsp3) is 0.333. The first-order valence-corrected chi connectivity index (χ1v) is 16.9. The molecule has 0 amide bonds. The highest BCUT2D eigenvalue weighted by atomic mass is 35.5. The van der Waals surface area contributed by atoms with Crippen LogP contribution in [0, 0.1) is 20.8 Å². The molecule has 0 radical (unpaired) electrons. The van der Waals surface area contributed by atoms with E-state index in [4.69, 9.17) is 48.4 Å². The molecule has 3 aromatic carbocycles. The second-order valence-electron chi connectivity index (χ2n) is 8.07. The lowest BCUT2D eigenvalue weighted by Crippen LogP contribution is -2.03. The van der Waals surface area contributed by atoms with Crippen molar-refractivity contribution in [2.45, 2.75) is 35.5 Å². The molecule has 0 bridgehead atoms. The van der Waals surface area contributed by atoms with Gasteiger partial charge in [0.1, 0.15) is 0 Å². The van der Waals surface area contributed by atoms with Crippen LogP contribution >= 0.6 is 78.7 Å². The van der Waals surface area contributed by atoms with Gasteiger partial charge in [-0.2, -0.15) is 0 Å². The molecule has 0 heterocycles. The Morgan fingerprint density at radius 3 is 1.11 bits per heavy atom. The molecule has 3 nitrogen and oxygen atoms in total. The van der Waals surface area contributed by atoms with Crippen molar-refractivity contribution in [3.05, 3.63) is 86.4 Å². The fourth-order valence-corrected chi connectivity index (χ4v) is 7.83. The first-order chi connectivity index (χ1) is 17.8. The predicted molar refractivity (Wildman–Crippen MR) is 166 cm³/mol. The Bertz CT molecular complexity index is 1010. The second kappa shape index (κ2) is 16.9. The maximum atomic E-state index is 6.35. The average molecular weight is 636 g/mol. The Hall–Kier alpha value is -0.110. The lowest BCUT2D eigenvalue weighted by Gasteiger charge is -2.17. The molecule has 0 unspecified atom stereocenters. The molecular weight excluding hydrogens is 606 g/mol. The molecule has 0 spiro atoms. The Labute approximate surface area is 249 Å². The van der Waals surface area contributed by atoms with Crippen molar-refractivity contribution in [1.29, 1.82) is 0 Å². The van der Waals surface area contributed by atoms with Crippen LogP contribution in [0.2, 0.25) is 15.1 Å². The van der Waals surface area contributed by atoms with Crippen molar-refractivity contribution in [3.63, 3.8) is 0 Å². The van der Waals surface area contributed by atoms with E-state index in [9.17, 15) is 0 Å². The van der Waals surface area contributed by atoms with Gasteiger partial charge >= 0.3 is 8.60 Å². The first-order valence-electron chi connectivity index (χ1n) is 11.7. The van der Waals surface area contributed by atoms with Gasteiger partial charge in [-0.25, -0.2) is 0 Å². The summed E-state index contributed by atoms with van der Waals surface area (Å²) in [6.45, 7) is 7.57. The van der Waals surface area contributed by atoms with Gasteiger partial charge in [0.15, 0.2) is 0 Å². The van der Waals surface area contributed by atoms with Crippen molar-refractivity contribution in [3.8, 4) is 0 Å². The summed E-state index contributed by atoms with van der Waals surface area (Å²) in [5.74, 6) is 2.24. The minimum Gasteiger partial charge on any atom is -0.311 e. The fourth-order valence-electron chi connectivity index (χ4n) is 3.07. The molecule has 0 saturated heterocycles. The summed E-state index contributed by atoms with van der Waals surface area (Å²) in [5, 5.41) is 2.29. The highest BCUT2D eigenvalue weighted by molar-refractivity contribution is 7.99. The maximum Gasteiger partial charge on any atom is 0.332 e. The van der Waals surface area contributed by atoms with E-state index in [1.54, 1.807) is 35.3 Å². The minimum absolute atomic E-state index is 0.494. The van der Waals surface area contributed by atoms with Gasteiger partial charge in [-0.05, 0) is 73.9 Å². The van der Waals surface area contributed by atoms with Crippen LogP contribution in [0.5, 0.6) is 0 Å². The topological polar surface area (TPSA) is 27.7 Å². The predicted octanol–water partition coefficient (Wildman–Crippen LogP) is 10.5. The highest BCUT2D eigenvalue weighted by Gasteiger charge is 2.14. The Kier molecular flexibility index (Phi) is 14.3. The van der Waals surface area contributed by atoms with E-state index in [0.717, 1.165) is 63.7 Å². The molecule has 0 N–H and O–H groups in total. The van der Waals surface area contributed by atoms with Crippen molar-refractivity contribution < 1.29 is 13.6 Å². The van der Waals surface area contributed by atoms with E-state index in [2.05, 4.69) is 18.2 Å². The Balaban J connectivity index is 1.45. The third-order valence-corrected chi connectivity index (χ3v) is 10.4. The molecule has 0 aliphatic heterocycles. The van der Waals surface area contributed by atoms with E-state index in [0.29, 0.717) is 19.8 Å². The smallest absolute Gasteiger partial charge is 0.311 e. The highest BCUT2D eigenvalue weighted by Crippen LogP contribution is 2.41. The largest absolute Gasteiger partial charge is 0.332 e. The molecule has 0 saturated carbocycles. The molecular formula is C27H30Cl3O3PS3. The van der Waals surface area contributed by atoms with Crippen LogP contribution in [-0.2, 0) is 13.6 Å². The van der Waals surface area contributed by atoms with Crippen LogP contribution in [0.15, 0.2) is 69.3 Å². The summed E-state index contributed by atoms with van der Waals surface area (Å²) in [4.78, 5) is 3.12. The van der Waals surface area contributed by atoms with Crippen LogP contribution < -0.4 is 0 Å². The Morgan fingerprint density at radius 2 is 0.838 bits per heavy atom. The van der Waals surface area contributed by atoms with E-state index in [1.165, 1.54) is 0 Å². The lowest BCUT2D eigenvalue weighted by atomic mass is 10.2. The van der Waals surface area contributed by atoms with Crippen LogP contribution in [0.25, 0.3) is 0 Å². The van der Waals surface area contributed by atoms with Crippen molar-refractivity contribution >= 4 is 78.7 Å². The van der Waals surface area contributed by atoms with Crippen molar-refractivity contribution in [1.82, 2.24) is 0 Å². The van der Waals surface area contributed by atoms with Gasteiger partial charge in [-0.15, -0.1) is 35.3 Å². The summed E-state index contributed by atoms with van der Waals surface area (Å²) < 4.78 is 18.0. The van der Waals surface area contributed by atoms with Gasteiger partial charge in [0.2, 0.25) is 0 Å². The summed E-state index contributed by atoms with van der Waals surface area (Å²) in [6.07, 6.45) is 0. The number of hydrogen-bond donors (Lipinski definition) is 0. The molecule has 0 aliphatic rings. The average Bonchev–Trinajstić information content (AvgIpc) is 2.85. The molecule has 200 valence electrons. The molecule has 37 heavy (non-hydrogen) atoms. The van der Waals surface area contributed by atoms with E-state index < -0.39 is 8.60 Å². The van der Waals surface area contributed by atoms with Gasteiger partial charge in [0.25, 0.3) is 0 Å². The number of aryl methyl sites for hydroxylation is 3. The molecule has 10 heteroatoms. The summed E-state index contributed by atoms with van der Waals surface area (Å²) in [7, 11) is -1.48. The molecule has 0 aromatic heterocycles. The zero-order valence-electron chi connectivity index (χ0n) is 21.0. The van der Waals surface area contributed by atoms with Crippen LogP contribution in [-0.4, -0.2) is 37.1 Å². The van der Waals surface area contributed by atoms with Crippen LogP contribution in [0.4, 0.5) is 0 Å². The van der Waals surface area contributed by atoms with Gasteiger partial charge in [-0.3, -0.25) is 0 Å². The minimum atomic E-state index is -1.48. The second-order valence-corrected chi connectivity index (χ2v) is 13.9. The molecule has 0 fully saturated rings. The number of rotatable bonds is 15. The zero-order valence-corrected chi connectivity index (χ0v) is 26.6. The number of benzene rings is 3. The van der Waals surface area contributed by atoms with E-state index >= 15 is 0 Å². The first kappa shape index (κ1) is 31.4. The lowest BCUT2D eigenvalue weighted by molar-refractivity contribution is 0.179. The number of halogens is 3. The number of thioether (sulfide) groups is 3. The standard InChI is InChI=1S/C27H30Cl3O3PS3/c1-19-4-7-25(22(28)16-19)35-13-10-31-34(32-11-14-36-26-8-5-20(2)17-23(26)29)33-12-15-37-27-9-6-21(3)18-24(27)30/h4-9,16-18H,10-15H2,1-3H3. The normalized spacial score (nSPS) is 11.4. The molecule has 3 rings (SSSR count). The molecule has 0 aliphatic carbocycles. The van der Waals surface area contributed by atoms with Gasteiger partial charge in [0, 0.05) is 31.9 Å². The SMILES string of the molecule is Cc1ccc(SCCOP(OCCSc2ccc(C)cc2Cl)OCCSc2ccc(C)cc2Cl)c(Cl)c1. The Morgan fingerprint density at radius 1 is 0.541 bits per heavy atom. The third-order valence-electron chi connectivity index (χ3n) is 4.87. The summed E-state index contributed by atoms with van der Waals surface area (Å²) in [5.41, 5.74) is 3.43. The third kappa shape index (κ3) is 11.5. The quantitative estimate of drug-likeness (QED) is 0.0937. The van der Waals surface area contributed by atoms with Gasteiger partial charge < -0.3 is 13.6 Å². The molecule has 3 aromatic rings. The van der Waals surface area contributed by atoms with Gasteiger partial charge in [0.05, 0.1) is 34.9 Å². The van der Waals surface area contributed by atoms with E-state index in [-0.39, 0.29) is 0 Å². The van der Waals surface area contributed by atoms with Crippen molar-refractivity contribution in [2.24, 2.45) is 0 Å². The zero-order chi connectivity index (χ0) is 26.6. The van der Waals surface area contributed by atoms with Gasteiger partial charge in [-0.1, -0.05) is 53.0 Å². The molecule has 0 atom stereocenters. The van der Waals surface area contributed by atoms with Crippen LogP contribution in [0.1, 0.15) is 16.7 Å². The summed E-state index contributed by atoms with van der Waals surface area (Å²) in [6, 6.07) is 18.2. The number of hydrogen-bond acceptors (Lipinski definition) is 6. The summed E-state index contributed by atoms with van der Waals surface area (Å²) >= 11 is 24.0. The van der Waals surface area contributed by atoms with Crippen molar-refractivity contribution in [2.75, 3.05) is 37.1 Å². The van der Waals surface area contributed by atoms with Crippen LogP contribution in [0.3, 0.4) is 0 Å². The monoisotopic (exact) mass is 634 g/mol. The van der Waals surface area contributed by atoms with E-state index in [1.807, 2.05) is 57.2 Å². The maximum absolute atomic E-state index is 6.35.